The first-order valence-corrected chi connectivity index (χ1v) is 5.74. The summed E-state index contributed by atoms with van der Waals surface area (Å²) in [5, 5.41) is 0.627. The van der Waals surface area contributed by atoms with Crippen LogP contribution in [-0.2, 0) is 4.79 Å². The minimum atomic E-state index is -0.521. The Morgan fingerprint density at radius 1 is 1.35 bits per heavy atom. The third kappa shape index (κ3) is 1.86. The van der Waals surface area contributed by atoms with Crippen LogP contribution in [0.25, 0.3) is 10.9 Å². The highest BCUT2D eigenvalue weighted by Gasteiger charge is 2.20. The number of fused-ring (bicyclic) bond motifs is 1. The third-order valence-electron chi connectivity index (χ3n) is 2.53. The highest BCUT2D eigenvalue weighted by molar-refractivity contribution is 9.10. The van der Waals surface area contributed by atoms with Crippen LogP contribution in [0.15, 0.2) is 22.8 Å². The number of methoxy groups -OCH3 is 1. The molecule has 1 heterocycles. The van der Waals surface area contributed by atoms with Gasteiger partial charge in [-0.2, -0.15) is 0 Å². The Morgan fingerprint density at radius 3 is 2.65 bits per heavy atom. The predicted octanol–water partition coefficient (Wildman–Crippen LogP) is 2.71. The summed E-state index contributed by atoms with van der Waals surface area (Å²) in [4.78, 5) is 25.9. The van der Waals surface area contributed by atoms with Crippen molar-refractivity contribution in [2.24, 2.45) is 0 Å². The lowest BCUT2D eigenvalue weighted by atomic mass is 10.1. The number of aromatic nitrogens is 1. The van der Waals surface area contributed by atoms with Gasteiger partial charge in [0.2, 0.25) is 5.78 Å². The van der Waals surface area contributed by atoms with Gasteiger partial charge in [0.05, 0.1) is 23.6 Å². The van der Waals surface area contributed by atoms with E-state index in [-0.39, 0.29) is 0 Å². The molecule has 88 valence electrons. The van der Waals surface area contributed by atoms with Gasteiger partial charge in [0, 0.05) is 17.6 Å². The molecule has 0 aliphatic rings. The molecule has 0 saturated carbocycles. The smallest absolute Gasteiger partial charge is 0.230 e. The van der Waals surface area contributed by atoms with Crippen molar-refractivity contribution in [2.75, 3.05) is 7.11 Å². The summed E-state index contributed by atoms with van der Waals surface area (Å²) in [7, 11) is 1.53. The molecule has 0 bridgehead atoms. The first kappa shape index (κ1) is 11.9. The first-order chi connectivity index (χ1) is 8.06. The fraction of sp³-hybridized carbons (Fsp3) is 0.167. The van der Waals surface area contributed by atoms with Crippen LogP contribution in [0.1, 0.15) is 17.3 Å². The van der Waals surface area contributed by atoms with Crippen LogP contribution in [0.5, 0.6) is 5.75 Å². The van der Waals surface area contributed by atoms with Crippen molar-refractivity contribution >= 4 is 38.4 Å². The molecule has 5 heteroatoms. The van der Waals surface area contributed by atoms with Crippen LogP contribution in [0.2, 0.25) is 0 Å². The molecule has 0 aliphatic heterocycles. The summed E-state index contributed by atoms with van der Waals surface area (Å²) in [6.45, 7) is 1.26. The number of ether oxygens (including phenoxy) is 1. The minimum absolute atomic E-state index is 0.339. The monoisotopic (exact) mass is 295 g/mol. The normalized spacial score (nSPS) is 10.5. The van der Waals surface area contributed by atoms with Crippen molar-refractivity contribution in [3.8, 4) is 5.75 Å². The van der Waals surface area contributed by atoms with Crippen molar-refractivity contribution in [1.29, 1.82) is 0 Å². The van der Waals surface area contributed by atoms with E-state index in [1.54, 1.807) is 6.07 Å². The Kier molecular flexibility index (Phi) is 3.02. The number of hydrogen-bond donors (Lipinski definition) is 1. The molecular weight excluding hydrogens is 286 g/mol. The molecular formula is C12H10BrNO3. The second-order valence-electron chi connectivity index (χ2n) is 3.59. The van der Waals surface area contributed by atoms with Crippen LogP contribution in [0.4, 0.5) is 0 Å². The average molecular weight is 296 g/mol. The summed E-state index contributed by atoms with van der Waals surface area (Å²) in [5.41, 5.74) is 1.08. The number of ketones is 2. The molecule has 0 radical (unpaired) electrons. The van der Waals surface area contributed by atoms with E-state index in [2.05, 4.69) is 20.9 Å². The summed E-state index contributed by atoms with van der Waals surface area (Å²) < 4.78 is 6.02. The highest BCUT2D eigenvalue weighted by atomic mass is 79.9. The number of rotatable bonds is 3. The molecule has 0 spiro atoms. The second kappa shape index (κ2) is 4.33. The van der Waals surface area contributed by atoms with E-state index in [0.29, 0.717) is 16.7 Å². The van der Waals surface area contributed by atoms with Crippen LogP contribution in [0, 0.1) is 0 Å². The topological polar surface area (TPSA) is 59.2 Å². The third-order valence-corrected chi connectivity index (χ3v) is 3.19. The largest absolute Gasteiger partial charge is 0.496 e. The molecule has 0 fully saturated rings. The molecule has 0 amide bonds. The van der Waals surface area contributed by atoms with Crippen LogP contribution in [-0.4, -0.2) is 23.7 Å². The molecule has 0 atom stereocenters. The number of hydrogen-bond acceptors (Lipinski definition) is 3. The standard InChI is InChI=1S/C12H10BrNO3/c1-6(15)12(16)7-5-14-11-8(13)3-4-9(17-2)10(7)11/h3-5,14H,1-2H3. The van der Waals surface area contributed by atoms with E-state index in [0.717, 1.165) is 9.99 Å². The van der Waals surface area contributed by atoms with Gasteiger partial charge in [-0.25, -0.2) is 0 Å². The van der Waals surface area contributed by atoms with Crippen molar-refractivity contribution in [3.63, 3.8) is 0 Å². The van der Waals surface area contributed by atoms with Gasteiger partial charge in [-0.1, -0.05) is 0 Å². The second-order valence-corrected chi connectivity index (χ2v) is 4.44. The van der Waals surface area contributed by atoms with Gasteiger partial charge in [-0.05, 0) is 28.1 Å². The van der Waals surface area contributed by atoms with E-state index < -0.39 is 11.6 Å². The molecule has 2 rings (SSSR count). The maximum absolute atomic E-state index is 11.8. The van der Waals surface area contributed by atoms with Gasteiger partial charge < -0.3 is 9.72 Å². The van der Waals surface area contributed by atoms with Gasteiger partial charge in [0.25, 0.3) is 0 Å². The van der Waals surface area contributed by atoms with Gasteiger partial charge in [0.15, 0.2) is 5.78 Å². The van der Waals surface area contributed by atoms with Gasteiger partial charge in [-0.15, -0.1) is 0 Å². The summed E-state index contributed by atoms with van der Waals surface area (Å²) >= 11 is 3.38. The fourth-order valence-electron chi connectivity index (χ4n) is 1.72. The minimum Gasteiger partial charge on any atom is -0.496 e. The van der Waals surface area contributed by atoms with E-state index in [1.807, 2.05) is 6.07 Å². The SMILES string of the molecule is COc1ccc(Br)c2[nH]cc(C(=O)C(C)=O)c12. The fourth-order valence-corrected chi connectivity index (χ4v) is 2.17. The lowest BCUT2D eigenvalue weighted by Gasteiger charge is -2.04. The Labute approximate surface area is 106 Å². The summed E-state index contributed by atoms with van der Waals surface area (Å²) in [5.74, 6) is -0.449. The lowest BCUT2D eigenvalue weighted by Crippen LogP contribution is -2.09. The Bertz CT molecular complexity index is 615. The van der Waals surface area contributed by atoms with Gasteiger partial charge >= 0.3 is 0 Å². The number of carbonyl (C=O) groups is 2. The molecule has 1 aromatic carbocycles. The molecule has 0 saturated heterocycles. The van der Waals surface area contributed by atoms with E-state index in [1.165, 1.54) is 20.2 Å². The lowest BCUT2D eigenvalue weighted by molar-refractivity contribution is -0.113. The van der Waals surface area contributed by atoms with E-state index in [4.69, 9.17) is 4.74 Å². The zero-order chi connectivity index (χ0) is 12.6. The number of aromatic amines is 1. The maximum Gasteiger partial charge on any atom is 0.230 e. The number of Topliss-reactive ketones (excluding diaryl/α,β-unsaturated/α-hetero) is 2. The van der Waals surface area contributed by atoms with Crippen LogP contribution >= 0.6 is 15.9 Å². The Morgan fingerprint density at radius 2 is 2.06 bits per heavy atom. The predicted molar refractivity (Wildman–Crippen MR) is 67.6 cm³/mol. The molecule has 1 N–H and O–H groups in total. The maximum atomic E-state index is 11.8. The highest BCUT2D eigenvalue weighted by Crippen LogP contribution is 2.33. The van der Waals surface area contributed by atoms with E-state index in [9.17, 15) is 9.59 Å². The Hall–Kier alpha value is -1.62. The summed E-state index contributed by atoms with van der Waals surface area (Å²) in [6.07, 6.45) is 1.53. The number of halogens is 1. The molecule has 1 aromatic heterocycles. The van der Waals surface area contributed by atoms with Crippen molar-refractivity contribution in [2.45, 2.75) is 6.92 Å². The number of nitrogens with one attached hydrogen (secondary N) is 1. The van der Waals surface area contributed by atoms with Crippen LogP contribution < -0.4 is 4.74 Å². The molecule has 4 nitrogen and oxygen atoms in total. The average Bonchev–Trinajstić information content (AvgIpc) is 2.74. The number of benzene rings is 1. The summed E-state index contributed by atoms with van der Waals surface area (Å²) in [6, 6.07) is 3.57. The number of H-pyrrole nitrogens is 1. The molecule has 0 unspecified atom stereocenters. The first-order valence-electron chi connectivity index (χ1n) is 4.95. The van der Waals surface area contributed by atoms with Crippen molar-refractivity contribution in [1.82, 2.24) is 4.98 Å². The van der Waals surface area contributed by atoms with Gasteiger partial charge in [0.1, 0.15) is 5.75 Å². The number of carbonyl (C=O) groups excluding carboxylic acids is 2. The van der Waals surface area contributed by atoms with Crippen molar-refractivity contribution < 1.29 is 14.3 Å². The van der Waals surface area contributed by atoms with Crippen LogP contribution in [0.3, 0.4) is 0 Å². The zero-order valence-electron chi connectivity index (χ0n) is 9.33. The van der Waals surface area contributed by atoms with Gasteiger partial charge in [-0.3, -0.25) is 9.59 Å². The molecule has 2 aromatic rings. The quantitative estimate of drug-likeness (QED) is 0.700. The molecule has 17 heavy (non-hydrogen) atoms. The molecule has 0 aliphatic carbocycles. The zero-order valence-corrected chi connectivity index (χ0v) is 10.9. The van der Waals surface area contributed by atoms with Crippen molar-refractivity contribution in [3.05, 3.63) is 28.4 Å². The van der Waals surface area contributed by atoms with E-state index >= 15 is 0 Å². The Balaban J connectivity index is 2.78.